The number of hydrogen-bond donors (Lipinski definition) is 1. The summed E-state index contributed by atoms with van der Waals surface area (Å²) in [6.07, 6.45) is 2.92. The second kappa shape index (κ2) is 11.6. The molecule has 2 fully saturated rings. The minimum absolute atomic E-state index is 0.0388. The molecule has 2 heterocycles. The molecular weight excluding hydrogens is 476 g/mol. The molecule has 2 N–H and O–H groups in total. The molecule has 6 nitrogen and oxygen atoms in total. The maximum Gasteiger partial charge on any atom is 0.257 e. The van der Waals surface area contributed by atoms with Gasteiger partial charge in [0.2, 0.25) is 5.91 Å². The number of hydrogen-bond acceptors (Lipinski definition) is 4. The van der Waals surface area contributed by atoms with E-state index in [-0.39, 0.29) is 23.3 Å². The average molecular weight is 514 g/mol. The largest absolute Gasteiger partial charge is 0.493 e. The summed E-state index contributed by atoms with van der Waals surface area (Å²) in [5.74, 6) is -0.404. The number of ether oxygens (including phenoxy) is 1. The topological polar surface area (TPSA) is 75.9 Å². The van der Waals surface area contributed by atoms with E-state index in [9.17, 15) is 18.4 Å². The van der Waals surface area contributed by atoms with E-state index in [0.717, 1.165) is 31.5 Å². The number of nitrogens with zero attached hydrogens (tertiary/aromatic N) is 2. The van der Waals surface area contributed by atoms with Gasteiger partial charge < -0.3 is 20.3 Å². The molecule has 0 spiro atoms. The first-order valence-corrected chi connectivity index (χ1v) is 13.1. The third-order valence-corrected chi connectivity index (χ3v) is 7.37. The fourth-order valence-electron chi connectivity index (χ4n) is 5.30. The number of likely N-dealkylation sites (tertiary alicyclic amines) is 2. The van der Waals surface area contributed by atoms with Crippen molar-refractivity contribution in [3.05, 3.63) is 53.8 Å². The lowest BCUT2D eigenvalue weighted by Crippen LogP contribution is -2.42. The molecule has 37 heavy (non-hydrogen) atoms. The number of alkyl halides is 1. The SMILES string of the molecule is CC(C)(F)CN1CCC(COc2ccc(-c3cccc(F)c3C(=O)N3CCC(C(N)=O)CC3)cc2)CC1. The van der Waals surface area contributed by atoms with Crippen LogP contribution in [0.5, 0.6) is 5.75 Å². The molecule has 0 aliphatic carbocycles. The zero-order chi connectivity index (χ0) is 26.6. The van der Waals surface area contributed by atoms with Gasteiger partial charge in [-0.15, -0.1) is 0 Å². The van der Waals surface area contributed by atoms with E-state index in [1.54, 1.807) is 30.9 Å². The molecule has 2 saturated heterocycles. The summed E-state index contributed by atoms with van der Waals surface area (Å²) < 4.78 is 34.8. The predicted molar refractivity (Wildman–Crippen MR) is 140 cm³/mol. The maximum atomic E-state index is 14.9. The highest BCUT2D eigenvalue weighted by Gasteiger charge is 2.29. The van der Waals surface area contributed by atoms with Crippen molar-refractivity contribution < 1.29 is 23.1 Å². The lowest BCUT2D eigenvalue weighted by atomic mass is 9.94. The van der Waals surface area contributed by atoms with Crippen LogP contribution in [0, 0.1) is 17.7 Å². The number of benzene rings is 2. The first kappa shape index (κ1) is 27.0. The van der Waals surface area contributed by atoms with Gasteiger partial charge in [0, 0.05) is 25.6 Å². The summed E-state index contributed by atoms with van der Waals surface area (Å²) in [5.41, 5.74) is 5.51. The number of nitrogens with two attached hydrogens (primary N) is 1. The van der Waals surface area contributed by atoms with Crippen molar-refractivity contribution in [1.82, 2.24) is 9.80 Å². The Morgan fingerprint density at radius 1 is 1.00 bits per heavy atom. The smallest absolute Gasteiger partial charge is 0.257 e. The molecule has 0 unspecified atom stereocenters. The second-order valence-electron chi connectivity index (χ2n) is 10.9. The number of primary amides is 1. The molecule has 2 amide bonds. The molecule has 200 valence electrons. The Bertz CT molecular complexity index is 1080. The molecule has 2 aliphatic heterocycles. The fourth-order valence-corrected chi connectivity index (χ4v) is 5.30. The fraction of sp³-hybridized carbons (Fsp3) is 0.517. The molecule has 0 bridgehead atoms. The van der Waals surface area contributed by atoms with Crippen molar-refractivity contribution in [3.8, 4) is 16.9 Å². The summed E-state index contributed by atoms with van der Waals surface area (Å²) in [6.45, 7) is 6.77. The standard InChI is InChI=1S/C29H37F2N3O3/c1-29(2,31)19-33-14-10-20(11-15-33)18-37-23-8-6-21(7-9-23)24-4-3-5-25(30)26(24)28(36)34-16-12-22(13-17-34)27(32)35/h3-9,20,22H,10-19H2,1-2H3,(H2,32,35). The van der Waals surface area contributed by atoms with Gasteiger partial charge in [-0.05, 0) is 87.9 Å². The van der Waals surface area contributed by atoms with Gasteiger partial charge in [0.25, 0.3) is 5.91 Å². The van der Waals surface area contributed by atoms with Crippen LogP contribution in [0.1, 0.15) is 49.9 Å². The second-order valence-corrected chi connectivity index (χ2v) is 10.9. The van der Waals surface area contributed by atoms with E-state index < -0.39 is 11.5 Å². The van der Waals surface area contributed by atoms with Crippen LogP contribution in [0.2, 0.25) is 0 Å². The Morgan fingerprint density at radius 3 is 2.24 bits per heavy atom. The zero-order valence-electron chi connectivity index (χ0n) is 21.7. The van der Waals surface area contributed by atoms with Gasteiger partial charge in [0.15, 0.2) is 0 Å². The quantitative estimate of drug-likeness (QED) is 0.557. The average Bonchev–Trinajstić information content (AvgIpc) is 2.87. The van der Waals surface area contributed by atoms with Crippen LogP contribution < -0.4 is 10.5 Å². The van der Waals surface area contributed by atoms with Crippen molar-refractivity contribution in [2.45, 2.75) is 45.2 Å². The first-order valence-electron chi connectivity index (χ1n) is 13.1. The van der Waals surface area contributed by atoms with Crippen LogP contribution in [-0.4, -0.2) is 66.6 Å². The molecule has 0 aromatic heterocycles. The normalized spacial score (nSPS) is 18.1. The van der Waals surface area contributed by atoms with Gasteiger partial charge >= 0.3 is 0 Å². The number of rotatable bonds is 8. The zero-order valence-corrected chi connectivity index (χ0v) is 21.7. The Morgan fingerprint density at radius 2 is 1.65 bits per heavy atom. The number of carbonyl (C=O) groups excluding carboxylic acids is 2. The van der Waals surface area contributed by atoms with E-state index in [1.165, 1.54) is 6.07 Å². The Balaban J connectivity index is 1.37. The molecular formula is C29H37F2N3O3. The van der Waals surface area contributed by atoms with Gasteiger partial charge in [-0.1, -0.05) is 24.3 Å². The molecule has 4 rings (SSSR count). The molecule has 0 saturated carbocycles. The van der Waals surface area contributed by atoms with Gasteiger partial charge in [-0.3, -0.25) is 9.59 Å². The van der Waals surface area contributed by atoms with Crippen molar-refractivity contribution >= 4 is 11.8 Å². The Hall–Kier alpha value is -3.00. The summed E-state index contributed by atoms with van der Waals surface area (Å²) >= 11 is 0. The van der Waals surface area contributed by atoms with Crippen LogP contribution >= 0.6 is 0 Å². The van der Waals surface area contributed by atoms with Crippen LogP contribution in [0.15, 0.2) is 42.5 Å². The summed E-state index contributed by atoms with van der Waals surface area (Å²) in [7, 11) is 0. The summed E-state index contributed by atoms with van der Waals surface area (Å²) in [4.78, 5) is 28.5. The van der Waals surface area contributed by atoms with E-state index in [0.29, 0.717) is 56.3 Å². The minimum Gasteiger partial charge on any atom is -0.493 e. The van der Waals surface area contributed by atoms with Gasteiger partial charge in [-0.2, -0.15) is 0 Å². The van der Waals surface area contributed by atoms with Crippen LogP contribution in [0.4, 0.5) is 8.78 Å². The third-order valence-electron chi connectivity index (χ3n) is 7.37. The van der Waals surface area contributed by atoms with Crippen LogP contribution in [0.25, 0.3) is 11.1 Å². The molecule has 2 aliphatic rings. The highest BCUT2D eigenvalue weighted by molar-refractivity contribution is 6.01. The predicted octanol–water partition coefficient (Wildman–Crippen LogP) is 4.67. The van der Waals surface area contributed by atoms with Crippen molar-refractivity contribution in [3.63, 3.8) is 0 Å². The Labute approximate surface area is 217 Å². The third kappa shape index (κ3) is 7.06. The van der Waals surface area contributed by atoms with E-state index in [1.807, 2.05) is 24.3 Å². The van der Waals surface area contributed by atoms with Gasteiger partial charge in [0.1, 0.15) is 17.2 Å². The monoisotopic (exact) mass is 513 g/mol. The van der Waals surface area contributed by atoms with Crippen molar-refractivity contribution in [2.75, 3.05) is 39.3 Å². The molecule has 2 aromatic carbocycles. The summed E-state index contributed by atoms with van der Waals surface area (Å²) in [6, 6.07) is 12.0. The van der Waals surface area contributed by atoms with Crippen molar-refractivity contribution in [1.29, 1.82) is 0 Å². The lowest BCUT2D eigenvalue weighted by Gasteiger charge is -2.34. The van der Waals surface area contributed by atoms with E-state index in [2.05, 4.69) is 4.90 Å². The van der Waals surface area contributed by atoms with Gasteiger partial charge in [-0.25, -0.2) is 8.78 Å². The molecule has 0 atom stereocenters. The van der Waals surface area contributed by atoms with E-state index >= 15 is 0 Å². The molecule has 0 radical (unpaired) electrons. The Kier molecular flexibility index (Phi) is 8.47. The van der Waals surface area contributed by atoms with E-state index in [4.69, 9.17) is 10.5 Å². The minimum atomic E-state index is -1.18. The van der Waals surface area contributed by atoms with Gasteiger partial charge in [0.05, 0.1) is 12.2 Å². The van der Waals surface area contributed by atoms with Crippen LogP contribution in [-0.2, 0) is 4.79 Å². The highest BCUT2D eigenvalue weighted by Crippen LogP contribution is 2.30. The number of amides is 2. The highest BCUT2D eigenvalue weighted by atomic mass is 19.1. The lowest BCUT2D eigenvalue weighted by molar-refractivity contribution is -0.123. The maximum absolute atomic E-state index is 14.9. The van der Waals surface area contributed by atoms with Crippen molar-refractivity contribution in [2.24, 2.45) is 17.6 Å². The number of carbonyl (C=O) groups is 2. The molecule has 2 aromatic rings. The number of halogens is 2. The summed E-state index contributed by atoms with van der Waals surface area (Å²) in [5, 5.41) is 0. The van der Waals surface area contributed by atoms with Crippen LogP contribution in [0.3, 0.4) is 0 Å². The molecule has 8 heteroatoms. The first-order chi connectivity index (χ1) is 17.6. The number of piperidine rings is 2.